The first kappa shape index (κ1) is 19.4. The molecule has 27 heavy (non-hydrogen) atoms. The van der Waals surface area contributed by atoms with Gasteiger partial charge in [0.05, 0.1) is 7.11 Å². The molecule has 0 amide bonds. The van der Waals surface area contributed by atoms with Gasteiger partial charge in [-0.3, -0.25) is 0 Å². The Morgan fingerprint density at radius 3 is 2.78 bits per heavy atom. The molecule has 2 aromatic rings. The summed E-state index contributed by atoms with van der Waals surface area (Å²) < 4.78 is 5.35. The molecular weight excluding hydrogens is 358 g/mol. The van der Waals surface area contributed by atoms with E-state index < -0.39 is 0 Å². The lowest BCUT2D eigenvalue weighted by atomic mass is 10.0. The maximum absolute atomic E-state index is 5.40. The normalized spacial score (nSPS) is 16.7. The standard InChI is InChI=1S/C20H27N5OS/c1-14-6-8-16(9-7-14)12-21-20(27)24-19-22-17(11-18(23-19)26-3)25-10-4-5-15(2)13-25/h6-9,11,15H,4-5,10,12-13H2,1-3H3,(H2,21,22,23,24,27)/t15-/m1/s1. The molecule has 0 bridgehead atoms. The molecule has 3 rings (SSSR count). The van der Waals surface area contributed by atoms with Gasteiger partial charge >= 0.3 is 0 Å². The summed E-state index contributed by atoms with van der Waals surface area (Å²) in [4.78, 5) is 11.3. The van der Waals surface area contributed by atoms with E-state index in [9.17, 15) is 0 Å². The number of aryl methyl sites for hydroxylation is 1. The van der Waals surface area contributed by atoms with Gasteiger partial charge in [-0.15, -0.1) is 0 Å². The second kappa shape index (κ2) is 8.99. The van der Waals surface area contributed by atoms with Crippen LogP contribution in [0.25, 0.3) is 0 Å². The fourth-order valence-corrected chi connectivity index (χ4v) is 3.33. The van der Waals surface area contributed by atoms with Crippen LogP contribution in [0.3, 0.4) is 0 Å². The SMILES string of the molecule is COc1cc(N2CCC[C@@H](C)C2)nc(NC(=S)NCc2ccc(C)cc2)n1. The van der Waals surface area contributed by atoms with Crippen molar-refractivity contribution in [1.29, 1.82) is 0 Å². The molecular formula is C20H27N5OS. The summed E-state index contributed by atoms with van der Waals surface area (Å²) in [6.45, 7) is 6.99. The van der Waals surface area contributed by atoms with E-state index in [1.54, 1.807) is 7.11 Å². The van der Waals surface area contributed by atoms with Crippen LogP contribution in [0.1, 0.15) is 30.9 Å². The predicted octanol–water partition coefficient (Wildman–Crippen LogP) is 3.52. The third-order valence-electron chi connectivity index (χ3n) is 4.68. The summed E-state index contributed by atoms with van der Waals surface area (Å²) in [6.07, 6.45) is 2.43. The van der Waals surface area contributed by atoms with Crippen LogP contribution in [0.5, 0.6) is 5.88 Å². The van der Waals surface area contributed by atoms with Crippen molar-refractivity contribution in [3.63, 3.8) is 0 Å². The second-order valence-electron chi connectivity index (χ2n) is 7.08. The molecule has 1 aliphatic heterocycles. The Morgan fingerprint density at radius 1 is 1.30 bits per heavy atom. The predicted molar refractivity (Wildman–Crippen MR) is 113 cm³/mol. The molecule has 0 saturated carbocycles. The molecule has 6 nitrogen and oxygen atoms in total. The lowest BCUT2D eigenvalue weighted by Gasteiger charge is -2.32. The highest BCUT2D eigenvalue weighted by Crippen LogP contribution is 2.25. The first-order valence-corrected chi connectivity index (χ1v) is 9.72. The number of hydrogen-bond acceptors (Lipinski definition) is 5. The van der Waals surface area contributed by atoms with Crippen molar-refractivity contribution in [2.24, 2.45) is 5.92 Å². The van der Waals surface area contributed by atoms with Crippen molar-refractivity contribution in [1.82, 2.24) is 15.3 Å². The smallest absolute Gasteiger partial charge is 0.234 e. The second-order valence-corrected chi connectivity index (χ2v) is 7.49. The van der Waals surface area contributed by atoms with Gasteiger partial charge in [0, 0.05) is 25.7 Å². The summed E-state index contributed by atoms with van der Waals surface area (Å²) >= 11 is 5.40. The van der Waals surface area contributed by atoms with E-state index in [-0.39, 0.29) is 0 Å². The highest BCUT2D eigenvalue weighted by atomic mass is 32.1. The van der Waals surface area contributed by atoms with E-state index >= 15 is 0 Å². The lowest BCUT2D eigenvalue weighted by molar-refractivity contribution is 0.396. The summed E-state index contributed by atoms with van der Waals surface area (Å²) in [6, 6.07) is 10.2. The van der Waals surface area contributed by atoms with Crippen LogP contribution >= 0.6 is 12.2 Å². The average molecular weight is 386 g/mol. The van der Waals surface area contributed by atoms with E-state index in [1.807, 2.05) is 6.07 Å². The van der Waals surface area contributed by atoms with Crippen molar-refractivity contribution in [2.75, 3.05) is 30.4 Å². The summed E-state index contributed by atoms with van der Waals surface area (Å²) in [5.74, 6) is 2.51. The van der Waals surface area contributed by atoms with Crippen LogP contribution in [-0.2, 0) is 6.54 Å². The van der Waals surface area contributed by atoms with Crippen LogP contribution in [0, 0.1) is 12.8 Å². The number of nitrogens with zero attached hydrogens (tertiary/aromatic N) is 3. The number of anilines is 2. The molecule has 1 fully saturated rings. The van der Waals surface area contributed by atoms with Gasteiger partial charge in [-0.1, -0.05) is 36.8 Å². The number of nitrogens with one attached hydrogen (secondary N) is 2. The van der Waals surface area contributed by atoms with Gasteiger partial charge in [0.25, 0.3) is 0 Å². The minimum absolute atomic E-state index is 0.448. The molecule has 1 saturated heterocycles. The minimum Gasteiger partial charge on any atom is -0.481 e. The van der Waals surface area contributed by atoms with Crippen molar-refractivity contribution < 1.29 is 4.74 Å². The summed E-state index contributed by atoms with van der Waals surface area (Å²) in [5.41, 5.74) is 2.41. The van der Waals surface area contributed by atoms with Gasteiger partial charge in [0.1, 0.15) is 5.82 Å². The Kier molecular flexibility index (Phi) is 6.45. The van der Waals surface area contributed by atoms with Crippen LogP contribution < -0.4 is 20.3 Å². The molecule has 2 N–H and O–H groups in total. The molecule has 7 heteroatoms. The van der Waals surface area contributed by atoms with E-state index in [0.29, 0.717) is 29.4 Å². The number of hydrogen-bond donors (Lipinski definition) is 2. The monoisotopic (exact) mass is 385 g/mol. The highest BCUT2D eigenvalue weighted by Gasteiger charge is 2.19. The summed E-state index contributed by atoms with van der Waals surface area (Å²) in [7, 11) is 1.61. The fraction of sp³-hybridized carbons (Fsp3) is 0.450. The Morgan fingerprint density at radius 2 is 2.07 bits per heavy atom. The first-order chi connectivity index (χ1) is 13.0. The molecule has 0 spiro atoms. The zero-order valence-electron chi connectivity index (χ0n) is 16.2. The van der Waals surface area contributed by atoms with Crippen LogP contribution in [0.15, 0.2) is 30.3 Å². The van der Waals surface area contributed by atoms with Crippen LogP contribution in [0.2, 0.25) is 0 Å². The first-order valence-electron chi connectivity index (χ1n) is 9.32. The number of aromatic nitrogens is 2. The number of piperidine rings is 1. The number of benzene rings is 1. The Labute approximate surface area is 166 Å². The van der Waals surface area contributed by atoms with Gasteiger partial charge in [-0.2, -0.15) is 9.97 Å². The van der Waals surface area contributed by atoms with E-state index in [0.717, 1.165) is 18.9 Å². The Bertz CT molecular complexity index is 780. The largest absolute Gasteiger partial charge is 0.481 e. The van der Waals surface area contributed by atoms with Crippen molar-refractivity contribution >= 4 is 29.1 Å². The zero-order valence-corrected chi connectivity index (χ0v) is 17.0. The van der Waals surface area contributed by atoms with Gasteiger partial charge < -0.3 is 20.3 Å². The number of methoxy groups -OCH3 is 1. The Hall–Kier alpha value is -2.41. The Balaban J connectivity index is 1.65. The van der Waals surface area contributed by atoms with Gasteiger partial charge in [-0.25, -0.2) is 0 Å². The fourth-order valence-electron chi connectivity index (χ4n) is 3.17. The molecule has 0 radical (unpaired) electrons. The van der Waals surface area contributed by atoms with E-state index in [2.05, 4.69) is 63.6 Å². The van der Waals surface area contributed by atoms with Crippen LogP contribution in [-0.4, -0.2) is 35.3 Å². The lowest BCUT2D eigenvalue weighted by Crippen LogP contribution is -2.35. The number of thiocarbonyl (C=S) groups is 1. The van der Waals surface area contributed by atoms with Gasteiger partial charge in [0.2, 0.25) is 11.8 Å². The summed E-state index contributed by atoms with van der Waals surface area (Å²) in [5, 5.41) is 6.76. The average Bonchev–Trinajstić information content (AvgIpc) is 2.67. The third kappa shape index (κ3) is 5.53. The van der Waals surface area contributed by atoms with Gasteiger partial charge in [0.15, 0.2) is 5.11 Å². The molecule has 2 heterocycles. The van der Waals surface area contributed by atoms with Crippen LogP contribution in [0.4, 0.5) is 11.8 Å². The van der Waals surface area contributed by atoms with E-state index in [1.165, 1.54) is 24.0 Å². The zero-order chi connectivity index (χ0) is 19.2. The quantitative estimate of drug-likeness (QED) is 0.764. The molecule has 1 atom stereocenters. The molecule has 1 aliphatic rings. The topological polar surface area (TPSA) is 62.3 Å². The van der Waals surface area contributed by atoms with Crippen molar-refractivity contribution in [2.45, 2.75) is 33.2 Å². The highest BCUT2D eigenvalue weighted by molar-refractivity contribution is 7.80. The molecule has 0 unspecified atom stereocenters. The molecule has 0 aliphatic carbocycles. The minimum atomic E-state index is 0.448. The molecule has 144 valence electrons. The van der Waals surface area contributed by atoms with E-state index in [4.69, 9.17) is 17.0 Å². The number of ether oxygens (including phenoxy) is 1. The maximum atomic E-state index is 5.40. The third-order valence-corrected chi connectivity index (χ3v) is 4.92. The molecule has 1 aromatic heterocycles. The number of rotatable bonds is 5. The van der Waals surface area contributed by atoms with Crippen molar-refractivity contribution in [3.8, 4) is 5.88 Å². The molecule has 1 aromatic carbocycles. The van der Waals surface area contributed by atoms with Crippen molar-refractivity contribution in [3.05, 3.63) is 41.5 Å². The van der Waals surface area contributed by atoms with Gasteiger partial charge in [-0.05, 0) is 43.5 Å². The maximum Gasteiger partial charge on any atom is 0.234 e.